The summed E-state index contributed by atoms with van der Waals surface area (Å²) in [6.45, 7) is 16.8. The highest BCUT2D eigenvalue weighted by molar-refractivity contribution is 6.16. The minimum Gasteiger partial charge on any atom is -0.398 e. The summed E-state index contributed by atoms with van der Waals surface area (Å²) >= 11 is 0. The third-order valence-electron chi connectivity index (χ3n) is 4.84. The van der Waals surface area contributed by atoms with Gasteiger partial charge in [0.2, 0.25) is 12.3 Å². The highest BCUT2D eigenvalue weighted by Crippen LogP contribution is 2.15. The van der Waals surface area contributed by atoms with Crippen molar-refractivity contribution in [3.05, 3.63) is 71.8 Å². The number of unbranched alkanes of at least 4 members (excludes halogenated alkanes) is 4. The minimum absolute atomic E-state index is 0.0938. The Bertz CT molecular complexity index is 899. The molecule has 0 aliphatic heterocycles. The average molecular weight is 621 g/mol. The summed E-state index contributed by atoms with van der Waals surface area (Å²) in [4.78, 5) is 20.5. The van der Waals surface area contributed by atoms with Crippen molar-refractivity contribution in [3.63, 3.8) is 0 Å². The molecule has 0 saturated carbocycles. The topological polar surface area (TPSA) is 183 Å². The minimum atomic E-state index is -0.266. The van der Waals surface area contributed by atoms with Gasteiger partial charge in [0.15, 0.2) is 0 Å². The van der Waals surface area contributed by atoms with E-state index in [4.69, 9.17) is 31.3 Å². The summed E-state index contributed by atoms with van der Waals surface area (Å²) in [5, 5.41) is 35.0. The number of amides is 2. The van der Waals surface area contributed by atoms with Crippen molar-refractivity contribution < 1.29 is 24.9 Å². The summed E-state index contributed by atoms with van der Waals surface area (Å²) in [6, 6.07) is 16.3. The molecule has 0 saturated heterocycles. The molecule has 2 rings (SSSR count). The predicted octanol–water partition coefficient (Wildman–Crippen LogP) is 7.10. The molecular weight excluding hydrogens is 556 g/mol. The van der Waals surface area contributed by atoms with Crippen LogP contribution in [0, 0.1) is 5.41 Å². The first kappa shape index (κ1) is 50.1. The second-order valence-corrected chi connectivity index (χ2v) is 8.37. The molecule has 0 fully saturated rings. The number of anilines is 2. The maximum atomic E-state index is 11.9. The lowest BCUT2D eigenvalue weighted by molar-refractivity contribution is -0.112. The quantitative estimate of drug-likeness (QED) is 0.0462. The summed E-state index contributed by atoms with van der Waals surface area (Å²) in [5.74, 6) is -0.266. The number of benzene rings is 2. The number of rotatable bonds is 11. The van der Waals surface area contributed by atoms with E-state index in [1.165, 1.54) is 38.2 Å². The Kier molecular flexibility index (Phi) is 50.0. The number of carbonyl (C=O) groups is 2. The van der Waals surface area contributed by atoms with E-state index >= 15 is 0 Å². The highest BCUT2D eigenvalue weighted by Gasteiger charge is 2.08. The van der Waals surface area contributed by atoms with Gasteiger partial charge in [0.1, 0.15) is 0 Å². The van der Waals surface area contributed by atoms with Crippen LogP contribution in [0.4, 0.5) is 11.4 Å². The van der Waals surface area contributed by atoms with Gasteiger partial charge < -0.3 is 32.1 Å². The van der Waals surface area contributed by atoms with Gasteiger partial charge in [-0.05, 0) is 43.5 Å². The molecule has 0 unspecified atom stereocenters. The van der Waals surface area contributed by atoms with Crippen molar-refractivity contribution in [2.75, 3.05) is 30.9 Å². The molecule has 0 aromatic heterocycles. The lowest BCUT2D eigenvalue weighted by atomic mass is 10.0. The van der Waals surface area contributed by atoms with E-state index in [1.54, 1.807) is 19.1 Å². The number of nitrogens with one attached hydrogen (secondary N) is 2. The molecule has 9 heteroatoms. The van der Waals surface area contributed by atoms with E-state index in [-0.39, 0.29) is 31.2 Å². The van der Waals surface area contributed by atoms with Crippen LogP contribution in [0.15, 0.2) is 66.2 Å². The van der Waals surface area contributed by atoms with Crippen molar-refractivity contribution in [2.24, 2.45) is 5.73 Å². The molecule has 0 atom stereocenters. The first-order chi connectivity index (χ1) is 21.2. The molecule has 0 radical (unpaired) electrons. The van der Waals surface area contributed by atoms with Crippen LogP contribution < -0.4 is 16.8 Å². The number of hydrogen-bond donors (Lipinski definition) is 7. The Hall–Kier alpha value is -3.53. The van der Waals surface area contributed by atoms with Gasteiger partial charge in [-0.1, -0.05) is 117 Å². The van der Waals surface area contributed by atoms with Crippen molar-refractivity contribution in [1.29, 1.82) is 5.41 Å². The summed E-state index contributed by atoms with van der Waals surface area (Å²) < 4.78 is 0. The van der Waals surface area contributed by atoms with Crippen LogP contribution in [0.3, 0.4) is 0 Å². The fourth-order valence-electron chi connectivity index (χ4n) is 2.52. The van der Waals surface area contributed by atoms with Crippen LogP contribution >= 0.6 is 0 Å². The van der Waals surface area contributed by atoms with Gasteiger partial charge in [0.25, 0.3) is 0 Å². The van der Waals surface area contributed by atoms with E-state index < -0.39 is 0 Å². The standard InChI is InChI=1S/C17H17N3O.C6H14O.C4H10.C3H8O2.2C2H6.CH3NO/c1-12(17(19)14-9-5-6-10-15(14)18)11-16(21)20-13-7-3-2-4-8-13;1-2-3-4-5-6-7;1-3-4-2;4-2-1-3-5;2*1-2;2-1-3/h2-11,19H,18H2,1H3,(H,20,21);7H,2-6H2,1H3;3-4H2,1-2H3;4-5H,1-3H2;2*1-2H3;1H,(H2,2,3)/b12-11+,19-17?;;;;;;. The largest absolute Gasteiger partial charge is 0.398 e. The molecule has 2 aromatic rings. The predicted molar refractivity (Wildman–Crippen MR) is 190 cm³/mol. The molecule has 0 bridgehead atoms. The first-order valence-electron chi connectivity index (χ1n) is 15.7. The van der Waals surface area contributed by atoms with Crippen LogP contribution in [0.2, 0.25) is 0 Å². The average Bonchev–Trinajstić information content (AvgIpc) is 3.05. The second kappa shape index (κ2) is 43.9. The van der Waals surface area contributed by atoms with Gasteiger partial charge in [-0.3, -0.25) is 15.0 Å². The maximum Gasteiger partial charge on any atom is 0.248 e. The van der Waals surface area contributed by atoms with E-state index in [9.17, 15) is 4.79 Å². The number of nitrogens with two attached hydrogens (primary N) is 2. The molecule has 2 amide bonds. The highest BCUT2D eigenvalue weighted by atomic mass is 16.3. The van der Waals surface area contributed by atoms with Gasteiger partial charge in [0.05, 0.1) is 5.71 Å². The van der Waals surface area contributed by atoms with Crippen LogP contribution in [-0.4, -0.2) is 53.2 Å². The van der Waals surface area contributed by atoms with Gasteiger partial charge in [-0.2, -0.15) is 0 Å². The maximum absolute atomic E-state index is 11.9. The van der Waals surface area contributed by atoms with Gasteiger partial charge in [-0.25, -0.2) is 0 Å². The van der Waals surface area contributed by atoms with Crippen molar-refractivity contribution in [3.8, 4) is 0 Å². The molecule has 254 valence electrons. The van der Waals surface area contributed by atoms with Crippen molar-refractivity contribution in [1.82, 2.24) is 0 Å². The zero-order chi connectivity index (χ0) is 35.0. The molecule has 9 nitrogen and oxygen atoms in total. The van der Waals surface area contributed by atoms with E-state index in [0.717, 1.165) is 12.1 Å². The van der Waals surface area contributed by atoms with Crippen LogP contribution in [0.5, 0.6) is 0 Å². The normalized spacial score (nSPS) is 8.93. The summed E-state index contributed by atoms with van der Waals surface area (Å²) in [6.07, 6.45) is 9.48. The Morgan fingerprint density at radius 1 is 0.773 bits per heavy atom. The number of carbonyl (C=O) groups excluding carboxylic acids is 2. The zero-order valence-corrected chi connectivity index (χ0v) is 28.7. The van der Waals surface area contributed by atoms with Crippen LogP contribution in [-0.2, 0) is 9.59 Å². The summed E-state index contributed by atoms with van der Waals surface area (Å²) in [5.41, 5.74) is 12.7. The number of primary amides is 1. The van der Waals surface area contributed by atoms with Gasteiger partial charge in [0, 0.05) is 42.8 Å². The third-order valence-corrected chi connectivity index (χ3v) is 4.84. The zero-order valence-electron chi connectivity index (χ0n) is 28.7. The Labute approximate surface area is 268 Å². The van der Waals surface area contributed by atoms with Crippen LogP contribution in [0.25, 0.3) is 0 Å². The fraction of sp³-hybridized carbons (Fsp3) is 0.514. The monoisotopic (exact) mass is 620 g/mol. The Morgan fingerprint density at radius 3 is 1.61 bits per heavy atom. The van der Waals surface area contributed by atoms with Crippen molar-refractivity contribution in [2.45, 2.75) is 100 Å². The molecule has 0 spiro atoms. The molecule has 0 heterocycles. The number of para-hydroxylation sites is 2. The third kappa shape index (κ3) is 36.5. The smallest absolute Gasteiger partial charge is 0.248 e. The Morgan fingerprint density at radius 2 is 1.23 bits per heavy atom. The number of allylic oxidation sites excluding steroid dienone is 1. The van der Waals surface area contributed by atoms with Crippen LogP contribution in [0.1, 0.15) is 106 Å². The molecule has 0 aliphatic carbocycles. The van der Waals surface area contributed by atoms with Gasteiger partial charge >= 0.3 is 0 Å². The van der Waals surface area contributed by atoms with E-state index in [0.29, 0.717) is 29.9 Å². The first-order valence-corrected chi connectivity index (χ1v) is 15.7. The second-order valence-electron chi connectivity index (χ2n) is 8.37. The fourth-order valence-corrected chi connectivity index (χ4v) is 2.52. The van der Waals surface area contributed by atoms with E-state index in [2.05, 4.69) is 31.8 Å². The SMILES string of the molecule is C/C(=C\C(=O)Nc1ccccc1)C(=N)c1ccccc1N.CC.CC.CCCC.CCCCCCO.NC=O.OCCCO. The molecule has 0 aliphatic rings. The number of aliphatic hydroxyl groups excluding tert-OH is 3. The molecule has 2 aromatic carbocycles. The summed E-state index contributed by atoms with van der Waals surface area (Å²) in [7, 11) is 0. The lowest BCUT2D eigenvalue weighted by Gasteiger charge is -2.08. The molecule has 9 N–H and O–H groups in total. The molecule has 44 heavy (non-hydrogen) atoms. The molecular formula is C35H64N4O5. The Balaban J connectivity index is -0.000000181. The number of nitrogen functional groups attached to an aromatic ring is 1. The van der Waals surface area contributed by atoms with E-state index in [1.807, 2.05) is 70.2 Å². The van der Waals surface area contributed by atoms with Gasteiger partial charge in [-0.15, -0.1) is 0 Å². The van der Waals surface area contributed by atoms with Crippen molar-refractivity contribution >= 4 is 29.4 Å². The lowest BCUT2D eigenvalue weighted by Crippen LogP contribution is -2.12. The number of aliphatic hydroxyl groups is 3. The number of hydrogen-bond acceptors (Lipinski definition) is 7.